The zero-order valence-corrected chi connectivity index (χ0v) is 17.7. The molecule has 2 fully saturated rings. The number of likely N-dealkylation sites (tertiary alicyclic amines) is 1. The van der Waals surface area contributed by atoms with Gasteiger partial charge in [-0.25, -0.2) is 4.39 Å². The first-order valence-electron chi connectivity index (χ1n) is 10.8. The van der Waals surface area contributed by atoms with Gasteiger partial charge in [0.2, 0.25) is 11.8 Å². The highest BCUT2D eigenvalue weighted by atomic mass is 19.1. The highest BCUT2D eigenvalue weighted by molar-refractivity contribution is 5.85. The number of rotatable bonds is 5. The second-order valence-corrected chi connectivity index (χ2v) is 8.85. The van der Waals surface area contributed by atoms with E-state index in [1.807, 2.05) is 35.2 Å². The van der Waals surface area contributed by atoms with Crippen molar-refractivity contribution in [2.24, 2.45) is 17.3 Å². The fourth-order valence-electron chi connectivity index (χ4n) is 4.78. The summed E-state index contributed by atoms with van der Waals surface area (Å²) in [5.74, 6) is 0.647. The maximum atomic E-state index is 13.8. The topological polar surface area (TPSA) is 49.4 Å². The van der Waals surface area contributed by atoms with Crippen LogP contribution in [0.3, 0.4) is 0 Å². The van der Waals surface area contributed by atoms with E-state index in [0.29, 0.717) is 38.3 Å². The molecule has 4 nitrogen and oxygen atoms in total. The van der Waals surface area contributed by atoms with Crippen molar-refractivity contribution < 1.29 is 14.0 Å². The summed E-state index contributed by atoms with van der Waals surface area (Å²) in [5.41, 5.74) is 2.23. The zero-order valence-electron chi connectivity index (χ0n) is 17.7. The van der Waals surface area contributed by atoms with E-state index in [4.69, 9.17) is 0 Å². The Balaban J connectivity index is 1.58. The van der Waals surface area contributed by atoms with Crippen molar-refractivity contribution in [2.45, 2.75) is 32.6 Å². The fraction of sp³-hybridized carbons (Fsp3) is 0.440. The van der Waals surface area contributed by atoms with Crippen LogP contribution in [0.5, 0.6) is 0 Å². The molecular weight excluding hydrogens is 379 g/mol. The Hall–Kier alpha value is -2.69. The third-order valence-electron chi connectivity index (χ3n) is 6.85. The lowest BCUT2D eigenvalue weighted by Crippen LogP contribution is -2.51. The van der Waals surface area contributed by atoms with Gasteiger partial charge in [0.1, 0.15) is 5.82 Å². The molecule has 0 unspecified atom stereocenters. The van der Waals surface area contributed by atoms with Gasteiger partial charge in [-0.05, 0) is 60.4 Å². The Morgan fingerprint density at radius 1 is 1.13 bits per heavy atom. The third kappa shape index (κ3) is 3.98. The number of carbonyl (C=O) groups excluding carboxylic acids is 2. The predicted octanol–water partition coefficient (Wildman–Crippen LogP) is 4.05. The lowest BCUT2D eigenvalue weighted by Gasteiger charge is -2.41. The SMILES string of the molecule is CNC(=O)C1(Cc2ccccc2-c2cccc(F)c2)CCN(C(=O)[C@H]2C[C@@H]2C)CC1. The predicted molar refractivity (Wildman–Crippen MR) is 115 cm³/mol. The van der Waals surface area contributed by atoms with Crippen LogP contribution < -0.4 is 5.32 Å². The Morgan fingerprint density at radius 3 is 2.47 bits per heavy atom. The van der Waals surface area contributed by atoms with E-state index < -0.39 is 5.41 Å². The quantitative estimate of drug-likeness (QED) is 0.812. The van der Waals surface area contributed by atoms with Crippen LogP contribution >= 0.6 is 0 Å². The van der Waals surface area contributed by atoms with Crippen LogP contribution in [0, 0.1) is 23.1 Å². The van der Waals surface area contributed by atoms with Gasteiger partial charge in [-0.15, -0.1) is 0 Å². The van der Waals surface area contributed by atoms with E-state index in [-0.39, 0.29) is 23.5 Å². The molecule has 0 radical (unpaired) electrons. The van der Waals surface area contributed by atoms with Gasteiger partial charge >= 0.3 is 0 Å². The van der Waals surface area contributed by atoms with E-state index in [9.17, 15) is 14.0 Å². The van der Waals surface area contributed by atoms with Crippen LogP contribution in [-0.4, -0.2) is 36.9 Å². The average molecular weight is 409 g/mol. The van der Waals surface area contributed by atoms with Gasteiger partial charge in [-0.2, -0.15) is 0 Å². The Labute approximate surface area is 177 Å². The average Bonchev–Trinajstić information content (AvgIpc) is 3.50. The number of hydrogen-bond donors (Lipinski definition) is 1. The largest absolute Gasteiger partial charge is 0.359 e. The van der Waals surface area contributed by atoms with Gasteiger partial charge in [0, 0.05) is 26.1 Å². The van der Waals surface area contributed by atoms with E-state index in [1.165, 1.54) is 12.1 Å². The van der Waals surface area contributed by atoms with Crippen molar-refractivity contribution in [2.75, 3.05) is 20.1 Å². The number of piperidine rings is 1. The van der Waals surface area contributed by atoms with Gasteiger partial charge in [0.25, 0.3) is 0 Å². The summed E-state index contributed by atoms with van der Waals surface area (Å²) in [7, 11) is 1.67. The molecular formula is C25H29FN2O2. The minimum atomic E-state index is -0.565. The molecule has 5 heteroatoms. The Bertz CT molecular complexity index is 950. The van der Waals surface area contributed by atoms with E-state index in [0.717, 1.165) is 23.1 Å². The van der Waals surface area contributed by atoms with Crippen molar-refractivity contribution in [3.8, 4) is 11.1 Å². The summed E-state index contributed by atoms with van der Waals surface area (Å²) in [6.07, 6.45) is 2.83. The molecule has 0 spiro atoms. The molecule has 2 aromatic rings. The highest BCUT2D eigenvalue weighted by Gasteiger charge is 2.46. The fourth-order valence-corrected chi connectivity index (χ4v) is 4.78. The van der Waals surface area contributed by atoms with Crippen molar-refractivity contribution in [3.05, 3.63) is 59.9 Å². The number of nitrogens with one attached hydrogen (secondary N) is 1. The molecule has 1 aliphatic heterocycles. The first-order chi connectivity index (χ1) is 14.4. The van der Waals surface area contributed by atoms with Crippen LogP contribution in [-0.2, 0) is 16.0 Å². The van der Waals surface area contributed by atoms with E-state index in [2.05, 4.69) is 12.2 Å². The van der Waals surface area contributed by atoms with Gasteiger partial charge < -0.3 is 10.2 Å². The molecule has 0 bridgehead atoms. The number of halogens is 1. The maximum absolute atomic E-state index is 13.8. The Kier molecular flexibility index (Phi) is 5.63. The lowest BCUT2D eigenvalue weighted by molar-refractivity contribution is -0.141. The number of hydrogen-bond acceptors (Lipinski definition) is 2. The van der Waals surface area contributed by atoms with E-state index in [1.54, 1.807) is 13.1 Å². The van der Waals surface area contributed by atoms with Gasteiger partial charge in [0.05, 0.1) is 5.41 Å². The number of amides is 2. The van der Waals surface area contributed by atoms with Crippen molar-refractivity contribution in [1.29, 1.82) is 0 Å². The van der Waals surface area contributed by atoms with Crippen LogP contribution in [0.1, 0.15) is 31.7 Å². The van der Waals surface area contributed by atoms with Crippen molar-refractivity contribution in [3.63, 3.8) is 0 Å². The summed E-state index contributed by atoms with van der Waals surface area (Å²) in [5, 5.41) is 2.85. The van der Waals surface area contributed by atoms with Gasteiger partial charge in [-0.1, -0.05) is 43.3 Å². The minimum Gasteiger partial charge on any atom is -0.359 e. The normalized spacial score (nSPS) is 22.4. The molecule has 1 heterocycles. The zero-order chi connectivity index (χ0) is 21.3. The van der Waals surface area contributed by atoms with Crippen LogP contribution in [0.15, 0.2) is 48.5 Å². The molecule has 158 valence electrons. The lowest BCUT2D eigenvalue weighted by atomic mass is 9.72. The standard InChI is InChI=1S/C25H29FN2O2/c1-17-14-22(17)23(29)28-12-10-25(11-13-28,24(30)27-2)16-19-6-3-4-9-21(19)18-7-5-8-20(26)15-18/h3-9,15,17,22H,10-14,16H2,1-2H3,(H,27,30)/t17-,22-/m0/s1. The summed E-state index contributed by atoms with van der Waals surface area (Å²) < 4.78 is 13.8. The van der Waals surface area contributed by atoms with Crippen LogP contribution in [0.2, 0.25) is 0 Å². The van der Waals surface area contributed by atoms with Crippen molar-refractivity contribution in [1.82, 2.24) is 10.2 Å². The summed E-state index contributed by atoms with van der Waals surface area (Å²) in [6.45, 7) is 3.33. The minimum absolute atomic E-state index is 0.0171. The monoisotopic (exact) mass is 408 g/mol. The molecule has 30 heavy (non-hydrogen) atoms. The van der Waals surface area contributed by atoms with Gasteiger partial charge in [0.15, 0.2) is 0 Å². The molecule has 1 saturated heterocycles. The number of carbonyl (C=O) groups is 2. The number of benzene rings is 2. The Morgan fingerprint density at radius 2 is 1.83 bits per heavy atom. The molecule has 2 aliphatic rings. The first-order valence-corrected chi connectivity index (χ1v) is 10.8. The second kappa shape index (κ2) is 8.21. The first kappa shape index (κ1) is 20.6. The van der Waals surface area contributed by atoms with Crippen molar-refractivity contribution >= 4 is 11.8 Å². The molecule has 2 atom stereocenters. The third-order valence-corrected chi connectivity index (χ3v) is 6.85. The second-order valence-electron chi connectivity index (χ2n) is 8.85. The molecule has 4 rings (SSSR count). The van der Waals surface area contributed by atoms with Gasteiger partial charge in [-0.3, -0.25) is 9.59 Å². The molecule has 1 N–H and O–H groups in total. The molecule has 1 aliphatic carbocycles. The van der Waals surface area contributed by atoms with Crippen LogP contribution in [0.25, 0.3) is 11.1 Å². The number of nitrogens with zero attached hydrogens (tertiary/aromatic N) is 1. The summed E-state index contributed by atoms with van der Waals surface area (Å²) in [6, 6.07) is 14.5. The summed E-state index contributed by atoms with van der Waals surface area (Å²) in [4.78, 5) is 27.6. The molecule has 0 aromatic heterocycles. The molecule has 2 aromatic carbocycles. The van der Waals surface area contributed by atoms with E-state index >= 15 is 0 Å². The molecule has 1 saturated carbocycles. The smallest absolute Gasteiger partial charge is 0.226 e. The highest BCUT2D eigenvalue weighted by Crippen LogP contribution is 2.42. The van der Waals surface area contributed by atoms with Crippen LogP contribution in [0.4, 0.5) is 4.39 Å². The summed E-state index contributed by atoms with van der Waals surface area (Å²) >= 11 is 0. The maximum Gasteiger partial charge on any atom is 0.226 e. The molecule has 2 amide bonds.